The van der Waals surface area contributed by atoms with Crippen LogP contribution in [0.25, 0.3) is 20.3 Å². The lowest BCUT2D eigenvalue weighted by Gasteiger charge is -2.03. The van der Waals surface area contributed by atoms with Crippen LogP contribution in [-0.2, 0) is 6.42 Å². The highest BCUT2D eigenvalue weighted by Gasteiger charge is 2.14. The van der Waals surface area contributed by atoms with Gasteiger partial charge in [-0.1, -0.05) is 46.3 Å². The second kappa shape index (κ2) is 5.52. The largest absolute Gasteiger partial charge is 0.241 e. The van der Waals surface area contributed by atoms with Gasteiger partial charge >= 0.3 is 0 Å². The molecule has 2 aromatic heterocycles. The molecule has 0 fully saturated rings. The van der Waals surface area contributed by atoms with Gasteiger partial charge < -0.3 is 0 Å². The van der Waals surface area contributed by atoms with Gasteiger partial charge in [-0.3, -0.25) is 0 Å². The summed E-state index contributed by atoms with van der Waals surface area (Å²) in [7, 11) is 0. The Labute approximate surface area is 139 Å². The Morgan fingerprint density at radius 2 is 1.71 bits per heavy atom. The van der Waals surface area contributed by atoms with Crippen LogP contribution in [0.3, 0.4) is 0 Å². The van der Waals surface area contributed by atoms with Gasteiger partial charge in [0.1, 0.15) is 0 Å². The van der Waals surface area contributed by atoms with Crippen molar-refractivity contribution < 1.29 is 0 Å². The lowest BCUT2D eigenvalue weighted by Crippen LogP contribution is -1.91. The van der Waals surface area contributed by atoms with Crippen molar-refractivity contribution in [2.75, 3.05) is 0 Å². The van der Waals surface area contributed by atoms with Gasteiger partial charge in [0.15, 0.2) is 0 Å². The Hall–Kier alpha value is -1.23. The predicted molar refractivity (Wildman–Crippen MR) is 96.8 cm³/mol. The molecule has 0 radical (unpaired) electrons. The number of rotatable bonds is 3. The van der Waals surface area contributed by atoms with Crippen LogP contribution >= 0.6 is 38.6 Å². The van der Waals surface area contributed by atoms with Gasteiger partial charge in [-0.2, -0.15) is 0 Å². The molecule has 0 saturated heterocycles. The van der Waals surface area contributed by atoms with Crippen LogP contribution in [0.5, 0.6) is 0 Å². The lowest BCUT2D eigenvalue weighted by molar-refractivity contribution is 0.958. The van der Waals surface area contributed by atoms with E-state index in [-0.39, 0.29) is 0 Å². The average Bonchev–Trinajstić information content (AvgIpc) is 3.10. The average molecular weight is 374 g/mol. The summed E-state index contributed by atoms with van der Waals surface area (Å²) in [5.74, 6) is 0. The number of fused-ring (bicyclic) bond motifs is 2. The summed E-state index contributed by atoms with van der Waals surface area (Å²) in [6.45, 7) is 0. The zero-order valence-corrected chi connectivity index (χ0v) is 14.3. The van der Waals surface area contributed by atoms with E-state index in [0.29, 0.717) is 4.83 Å². The standard InChI is InChI=1S/C17H12BrNS2/c18-12(16-9-11-5-1-3-7-14(11)20-16)10-17-19-13-6-2-4-8-15(13)21-17/h1-9,12H,10H2. The Balaban J connectivity index is 1.63. The van der Waals surface area contributed by atoms with Gasteiger partial charge in [-0.15, -0.1) is 22.7 Å². The van der Waals surface area contributed by atoms with Crippen LogP contribution in [0.2, 0.25) is 0 Å². The van der Waals surface area contributed by atoms with Crippen molar-refractivity contribution in [3.05, 3.63) is 64.5 Å². The van der Waals surface area contributed by atoms with Gasteiger partial charge in [0.2, 0.25) is 0 Å². The molecule has 0 aliphatic carbocycles. The molecule has 0 N–H and O–H groups in total. The molecule has 2 aromatic carbocycles. The van der Waals surface area contributed by atoms with Crippen LogP contribution < -0.4 is 0 Å². The first kappa shape index (κ1) is 13.4. The number of para-hydroxylation sites is 1. The molecular weight excluding hydrogens is 362 g/mol. The minimum Gasteiger partial charge on any atom is -0.241 e. The van der Waals surface area contributed by atoms with Crippen LogP contribution in [0, 0.1) is 0 Å². The predicted octanol–water partition coefficient (Wildman–Crippen LogP) is 6.19. The minimum absolute atomic E-state index is 0.329. The second-order valence-electron chi connectivity index (χ2n) is 4.93. The van der Waals surface area contributed by atoms with E-state index in [2.05, 4.69) is 64.5 Å². The number of hydrogen-bond donors (Lipinski definition) is 0. The molecule has 0 aliphatic heterocycles. The summed E-state index contributed by atoms with van der Waals surface area (Å²) in [6.07, 6.45) is 0.937. The molecule has 0 amide bonds. The van der Waals surface area contributed by atoms with Gasteiger partial charge in [-0.25, -0.2) is 4.98 Å². The van der Waals surface area contributed by atoms with Crippen LogP contribution in [0.1, 0.15) is 14.7 Å². The Morgan fingerprint density at radius 1 is 0.952 bits per heavy atom. The maximum absolute atomic E-state index is 4.73. The number of hydrogen-bond acceptors (Lipinski definition) is 3. The van der Waals surface area contributed by atoms with Crippen LogP contribution in [0.15, 0.2) is 54.6 Å². The van der Waals surface area contributed by atoms with E-state index in [1.54, 1.807) is 11.3 Å². The third kappa shape index (κ3) is 2.63. The zero-order chi connectivity index (χ0) is 14.2. The smallest absolute Gasteiger partial charge is 0.0953 e. The molecule has 1 atom stereocenters. The van der Waals surface area contributed by atoms with E-state index in [4.69, 9.17) is 4.98 Å². The van der Waals surface area contributed by atoms with Crippen molar-refractivity contribution in [2.24, 2.45) is 0 Å². The molecule has 104 valence electrons. The van der Waals surface area contributed by atoms with Gasteiger partial charge in [0.25, 0.3) is 0 Å². The number of nitrogens with zero attached hydrogens (tertiary/aromatic N) is 1. The summed E-state index contributed by atoms with van der Waals surface area (Å²) >= 11 is 7.49. The molecule has 0 aliphatic rings. The molecule has 2 heterocycles. The highest BCUT2D eigenvalue weighted by atomic mass is 79.9. The van der Waals surface area contributed by atoms with E-state index >= 15 is 0 Å². The van der Waals surface area contributed by atoms with Crippen molar-refractivity contribution in [1.82, 2.24) is 4.98 Å². The summed E-state index contributed by atoms with van der Waals surface area (Å²) in [4.78, 5) is 6.43. The highest BCUT2D eigenvalue weighted by molar-refractivity contribution is 9.09. The number of halogens is 1. The van der Waals surface area contributed by atoms with E-state index in [0.717, 1.165) is 11.9 Å². The van der Waals surface area contributed by atoms with Crippen molar-refractivity contribution in [3.8, 4) is 0 Å². The summed E-state index contributed by atoms with van der Waals surface area (Å²) in [6, 6.07) is 19.2. The number of benzene rings is 2. The Kier molecular flexibility index (Phi) is 3.53. The fraction of sp³-hybridized carbons (Fsp3) is 0.118. The van der Waals surface area contributed by atoms with Crippen molar-refractivity contribution in [3.63, 3.8) is 0 Å². The summed E-state index contributed by atoms with van der Waals surface area (Å²) in [5.41, 5.74) is 1.11. The van der Waals surface area contributed by atoms with Crippen LogP contribution in [-0.4, -0.2) is 4.98 Å². The Bertz CT molecular complexity index is 843. The van der Waals surface area contributed by atoms with Gasteiger partial charge in [0.05, 0.1) is 20.1 Å². The second-order valence-corrected chi connectivity index (χ2v) is 8.27. The topological polar surface area (TPSA) is 12.9 Å². The number of thiophene rings is 1. The quantitative estimate of drug-likeness (QED) is 0.390. The third-order valence-electron chi connectivity index (χ3n) is 3.45. The number of alkyl halides is 1. The molecule has 0 saturated carbocycles. The summed E-state index contributed by atoms with van der Waals surface area (Å²) in [5, 5.41) is 2.52. The monoisotopic (exact) mass is 373 g/mol. The molecule has 4 heteroatoms. The van der Waals surface area contributed by atoms with Crippen molar-refractivity contribution >= 4 is 58.9 Å². The third-order valence-corrected chi connectivity index (χ3v) is 6.85. The van der Waals surface area contributed by atoms with Gasteiger partial charge in [-0.05, 0) is 29.7 Å². The fourth-order valence-electron chi connectivity index (χ4n) is 2.42. The maximum atomic E-state index is 4.73. The molecule has 4 aromatic rings. The molecule has 0 bridgehead atoms. The lowest BCUT2D eigenvalue weighted by atomic mass is 10.2. The molecular formula is C17H12BrNS2. The first-order valence-electron chi connectivity index (χ1n) is 6.76. The van der Waals surface area contributed by atoms with E-state index in [9.17, 15) is 0 Å². The van der Waals surface area contributed by atoms with E-state index < -0.39 is 0 Å². The number of aromatic nitrogens is 1. The fourth-order valence-corrected chi connectivity index (χ4v) is 5.41. The molecule has 1 nitrogen and oxygen atoms in total. The molecule has 21 heavy (non-hydrogen) atoms. The Morgan fingerprint density at radius 3 is 2.52 bits per heavy atom. The maximum Gasteiger partial charge on any atom is 0.0953 e. The molecule has 4 rings (SSSR count). The number of thiazole rings is 1. The first-order chi connectivity index (χ1) is 10.3. The summed E-state index contributed by atoms with van der Waals surface area (Å²) < 4.78 is 2.62. The van der Waals surface area contributed by atoms with Crippen molar-refractivity contribution in [2.45, 2.75) is 11.2 Å². The first-order valence-corrected chi connectivity index (χ1v) is 9.31. The molecule has 0 spiro atoms. The highest BCUT2D eigenvalue weighted by Crippen LogP contribution is 2.37. The van der Waals surface area contributed by atoms with Crippen molar-refractivity contribution in [1.29, 1.82) is 0 Å². The van der Waals surface area contributed by atoms with Crippen LogP contribution in [0.4, 0.5) is 0 Å². The van der Waals surface area contributed by atoms with E-state index in [1.165, 1.54) is 24.7 Å². The van der Waals surface area contributed by atoms with Gasteiger partial charge in [0, 0.05) is 16.0 Å². The minimum atomic E-state index is 0.329. The molecule has 1 unspecified atom stereocenters. The zero-order valence-electron chi connectivity index (χ0n) is 11.1. The van der Waals surface area contributed by atoms with E-state index in [1.807, 2.05) is 17.4 Å². The normalized spacial score (nSPS) is 13.0. The SMILES string of the molecule is BrC(Cc1nc2ccccc2s1)c1cc2ccccc2s1.